The third-order valence-electron chi connectivity index (χ3n) is 2.91. The van der Waals surface area contributed by atoms with Crippen LogP contribution in [0.1, 0.15) is 39.5 Å². The van der Waals surface area contributed by atoms with Gasteiger partial charge in [0, 0.05) is 6.04 Å². The second-order valence-electron chi connectivity index (χ2n) is 4.15. The highest BCUT2D eigenvalue weighted by Crippen LogP contribution is 2.22. The highest BCUT2D eigenvalue weighted by atomic mass is 16.5. The molecule has 1 aliphatic rings. The summed E-state index contributed by atoms with van der Waals surface area (Å²) in [5.41, 5.74) is 0. The number of rotatable bonds is 5. The molecule has 88 valence electrons. The van der Waals surface area contributed by atoms with Crippen molar-refractivity contribution in [3.05, 3.63) is 0 Å². The summed E-state index contributed by atoms with van der Waals surface area (Å²) in [5.74, 6) is -0.871. The lowest BCUT2D eigenvalue weighted by Gasteiger charge is -2.29. The van der Waals surface area contributed by atoms with Crippen LogP contribution in [0, 0.1) is 0 Å². The SMILES string of the molecule is CCNC1CCC(OC(C)C(=O)O)CC1. The molecule has 1 fully saturated rings. The van der Waals surface area contributed by atoms with E-state index in [1.165, 1.54) is 0 Å². The normalized spacial score (nSPS) is 28.7. The topological polar surface area (TPSA) is 58.6 Å². The highest BCUT2D eigenvalue weighted by molar-refractivity contribution is 5.71. The van der Waals surface area contributed by atoms with Crippen molar-refractivity contribution in [3.63, 3.8) is 0 Å². The minimum absolute atomic E-state index is 0.131. The first-order valence-electron chi connectivity index (χ1n) is 5.75. The van der Waals surface area contributed by atoms with E-state index < -0.39 is 12.1 Å². The molecule has 4 heteroatoms. The fraction of sp³-hybridized carbons (Fsp3) is 0.909. The van der Waals surface area contributed by atoms with Gasteiger partial charge >= 0.3 is 5.97 Å². The van der Waals surface area contributed by atoms with E-state index in [0.717, 1.165) is 32.2 Å². The van der Waals surface area contributed by atoms with Gasteiger partial charge in [0.25, 0.3) is 0 Å². The number of hydrogen-bond acceptors (Lipinski definition) is 3. The molecule has 1 rings (SSSR count). The number of nitrogens with one attached hydrogen (secondary N) is 1. The molecular weight excluding hydrogens is 194 g/mol. The molecule has 2 N–H and O–H groups in total. The van der Waals surface area contributed by atoms with Crippen LogP contribution in [0.5, 0.6) is 0 Å². The maximum atomic E-state index is 10.6. The van der Waals surface area contributed by atoms with Gasteiger partial charge in [0.15, 0.2) is 6.10 Å². The number of carboxylic acid groups (broad SMARTS) is 1. The minimum atomic E-state index is -0.871. The van der Waals surface area contributed by atoms with Crippen molar-refractivity contribution in [2.24, 2.45) is 0 Å². The van der Waals surface area contributed by atoms with Crippen LogP contribution < -0.4 is 5.32 Å². The van der Waals surface area contributed by atoms with Crippen molar-refractivity contribution in [2.45, 2.75) is 57.8 Å². The fourth-order valence-electron chi connectivity index (χ4n) is 2.04. The molecule has 1 aliphatic carbocycles. The standard InChI is InChI=1S/C11H21NO3/c1-3-12-9-4-6-10(7-5-9)15-8(2)11(13)14/h8-10,12H,3-7H2,1-2H3,(H,13,14). The molecule has 1 unspecified atom stereocenters. The lowest BCUT2D eigenvalue weighted by molar-refractivity contribution is -0.154. The Balaban J connectivity index is 2.22. The van der Waals surface area contributed by atoms with E-state index in [0.29, 0.717) is 6.04 Å². The molecule has 15 heavy (non-hydrogen) atoms. The van der Waals surface area contributed by atoms with Gasteiger partial charge in [-0.1, -0.05) is 6.92 Å². The van der Waals surface area contributed by atoms with Gasteiger partial charge < -0.3 is 15.2 Å². The molecule has 1 saturated carbocycles. The Bertz CT molecular complexity index is 200. The van der Waals surface area contributed by atoms with Gasteiger partial charge in [-0.2, -0.15) is 0 Å². The van der Waals surface area contributed by atoms with E-state index in [1.54, 1.807) is 6.92 Å². The molecular formula is C11H21NO3. The fourth-order valence-corrected chi connectivity index (χ4v) is 2.04. The molecule has 0 aliphatic heterocycles. The molecule has 0 aromatic heterocycles. The third-order valence-corrected chi connectivity index (χ3v) is 2.91. The predicted octanol–water partition coefficient (Wildman–Crippen LogP) is 1.40. The summed E-state index contributed by atoms with van der Waals surface area (Å²) < 4.78 is 5.45. The van der Waals surface area contributed by atoms with Gasteiger partial charge in [0.2, 0.25) is 0 Å². The number of carboxylic acids is 1. The maximum absolute atomic E-state index is 10.6. The van der Waals surface area contributed by atoms with Gasteiger partial charge in [-0.25, -0.2) is 4.79 Å². The van der Waals surface area contributed by atoms with E-state index in [1.807, 2.05) is 0 Å². The third kappa shape index (κ3) is 4.18. The number of aliphatic carboxylic acids is 1. The molecule has 0 bridgehead atoms. The Morgan fingerprint density at radius 3 is 2.53 bits per heavy atom. The minimum Gasteiger partial charge on any atom is -0.479 e. The molecule has 1 atom stereocenters. The van der Waals surface area contributed by atoms with Crippen LogP contribution in [-0.2, 0) is 9.53 Å². The molecule has 0 spiro atoms. The summed E-state index contributed by atoms with van der Waals surface area (Å²) >= 11 is 0. The van der Waals surface area contributed by atoms with Crippen LogP contribution in [0.25, 0.3) is 0 Å². The summed E-state index contributed by atoms with van der Waals surface area (Å²) in [6.07, 6.45) is 3.57. The largest absolute Gasteiger partial charge is 0.479 e. The lowest BCUT2D eigenvalue weighted by atomic mass is 9.93. The molecule has 4 nitrogen and oxygen atoms in total. The van der Waals surface area contributed by atoms with Crippen molar-refractivity contribution < 1.29 is 14.6 Å². The monoisotopic (exact) mass is 215 g/mol. The summed E-state index contributed by atoms with van der Waals surface area (Å²) in [4.78, 5) is 10.6. The Kier molecular flexibility index (Phi) is 5.05. The zero-order chi connectivity index (χ0) is 11.3. The van der Waals surface area contributed by atoms with Crippen LogP contribution in [0.2, 0.25) is 0 Å². The van der Waals surface area contributed by atoms with Crippen LogP contribution in [-0.4, -0.2) is 35.9 Å². The van der Waals surface area contributed by atoms with Gasteiger partial charge in [-0.3, -0.25) is 0 Å². The first-order valence-corrected chi connectivity index (χ1v) is 5.75. The summed E-state index contributed by atoms with van der Waals surface area (Å²) in [7, 11) is 0. The zero-order valence-electron chi connectivity index (χ0n) is 9.53. The van der Waals surface area contributed by atoms with E-state index in [9.17, 15) is 4.79 Å². The lowest BCUT2D eigenvalue weighted by Crippen LogP contribution is -2.37. The van der Waals surface area contributed by atoms with Gasteiger partial charge in [-0.15, -0.1) is 0 Å². The number of ether oxygens (including phenoxy) is 1. The molecule has 0 saturated heterocycles. The highest BCUT2D eigenvalue weighted by Gasteiger charge is 2.24. The smallest absolute Gasteiger partial charge is 0.332 e. The second-order valence-corrected chi connectivity index (χ2v) is 4.15. The number of carbonyl (C=O) groups is 1. The van der Waals surface area contributed by atoms with E-state index >= 15 is 0 Å². The second kappa shape index (κ2) is 6.08. The summed E-state index contributed by atoms with van der Waals surface area (Å²) in [6, 6.07) is 0.593. The van der Waals surface area contributed by atoms with Crippen molar-refractivity contribution >= 4 is 5.97 Å². The van der Waals surface area contributed by atoms with Crippen LogP contribution in [0.15, 0.2) is 0 Å². The maximum Gasteiger partial charge on any atom is 0.332 e. The van der Waals surface area contributed by atoms with Crippen LogP contribution in [0.4, 0.5) is 0 Å². The van der Waals surface area contributed by atoms with Crippen molar-refractivity contribution in [1.29, 1.82) is 0 Å². The Morgan fingerprint density at radius 2 is 2.07 bits per heavy atom. The van der Waals surface area contributed by atoms with Crippen molar-refractivity contribution in [3.8, 4) is 0 Å². The summed E-state index contributed by atoms with van der Waals surface area (Å²) in [6.45, 7) is 4.70. The average molecular weight is 215 g/mol. The Hall–Kier alpha value is -0.610. The first-order chi connectivity index (χ1) is 7.13. The van der Waals surface area contributed by atoms with Crippen LogP contribution >= 0.6 is 0 Å². The Labute approximate surface area is 91.0 Å². The van der Waals surface area contributed by atoms with Gasteiger partial charge in [0.1, 0.15) is 0 Å². The predicted molar refractivity (Wildman–Crippen MR) is 57.9 cm³/mol. The van der Waals surface area contributed by atoms with Crippen LogP contribution in [0.3, 0.4) is 0 Å². The first kappa shape index (κ1) is 12.5. The van der Waals surface area contributed by atoms with Crippen molar-refractivity contribution in [1.82, 2.24) is 5.32 Å². The Morgan fingerprint density at radius 1 is 1.47 bits per heavy atom. The quantitative estimate of drug-likeness (QED) is 0.727. The molecule has 0 aromatic rings. The average Bonchev–Trinajstić information content (AvgIpc) is 2.21. The number of hydrogen-bond donors (Lipinski definition) is 2. The molecule has 0 aromatic carbocycles. The van der Waals surface area contributed by atoms with Gasteiger partial charge in [0.05, 0.1) is 6.10 Å². The molecule has 0 amide bonds. The van der Waals surface area contributed by atoms with E-state index in [-0.39, 0.29) is 6.10 Å². The van der Waals surface area contributed by atoms with E-state index in [2.05, 4.69) is 12.2 Å². The zero-order valence-corrected chi connectivity index (χ0v) is 9.53. The van der Waals surface area contributed by atoms with Crippen molar-refractivity contribution in [2.75, 3.05) is 6.54 Å². The molecule has 0 radical (unpaired) electrons. The van der Waals surface area contributed by atoms with E-state index in [4.69, 9.17) is 9.84 Å². The van der Waals surface area contributed by atoms with Gasteiger partial charge in [-0.05, 0) is 39.2 Å². The summed E-state index contributed by atoms with van der Waals surface area (Å²) in [5, 5.41) is 12.1. The molecule has 0 heterocycles.